The number of hydrogen-bond donors (Lipinski definition) is 2. The van der Waals surface area contributed by atoms with E-state index < -0.39 is 0 Å². The molecule has 2 nitrogen and oxygen atoms in total. The fourth-order valence-corrected chi connectivity index (χ4v) is 1.82. The minimum atomic E-state index is 0.593. The molecule has 14 heavy (non-hydrogen) atoms. The van der Waals surface area contributed by atoms with Crippen LogP contribution in [0.25, 0.3) is 0 Å². The lowest BCUT2D eigenvalue weighted by molar-refractivity contribution is 0.272. The highest BCUT2D eigenvalue weighted by Gasteiger charge is 2.16. The molecule has 0 bridgehead atoms. The van der Waals surface area contributed by atoms with Crippen molar-refractivity contribution in [2.45, 2.75) is 34.6 Å². The molecule has 0 aromatic rings. The maximum Gasteiger partial charge on any atom is -0.00110 e. The number of hydrogen-bond acceptors (Lipinski definition) is 2. The van der Waals surface area contributed by atoms with Gasteiger partial charge in [0.25, 0.3) is 0 Å². The Labute approximate surface area is 89.6 Å². The molecule has 0 saturated carbocycles. The fraction of sp³-hybridized carbons (Fsp3) is 1.00. The van der Waals surface area contributed by atoms with Crippen molar-refractivity contribution in [3.8, 4) is 0 Å². The molecular weight excluding hydrogens is 172 g/mol. The summed E-state index contributed by atoms with van der Waals surface area (Å²) in [5.74, 6) is 2.89. The van der Waals surface area contributed by atoms with E-state index in [2.05, 4.69) is 39.9 Å². The summed E-state index contributed by atoms with van der Waals surface area (Å²) < 4.78 is 0. The average molecular weight is 200 g/mol. The molecule has 0 aromatic heterocycles. The standard InChI is InChI=1S/C12H28N2/c1-9(2)12(10(3)4)8-14-7-11(5)6-13/h9-12,14H,6-8,13H2,1-5H3. The number of nitrogens with two attached hydrogens (primary N) is 1. The minimum absolute atomic E-state index is 0.593. The van der Waals surface area contributed by atoms with Gasteiger partial charge in [-0.25, -0.2) is 0 Å². The monoisotopic (exact) mass is 200 g/mol. The molecule has 0 heterocycles. The van der Waals surface area contributed by atoms with Crippen LogP contribution in [-0.2, 0) is 0 Å². The summed E-state index contributed by atoms with van der Waals surface area (Å²) in [4.78, 5) is 0. The second-order valence-corrected chi connectivity index (χ2v) is 5.15. The zero-order valence-corrected chi connectivity index (χ0v) is 10.5. The van der Waals surface area contributed by atoms with E-state index in [1.807, 2.05) is 0 Å². The molecule has 86 valence electrons. The third-order valence-electron chi connectivity index (χ3n) is 2.99. The van der Waals surface area contributed by atoms with Crippen molar-refractivity contribution in [2.75, 3.05) is 19.6 Å². The van der Waals surface area contributed by atoms with Gasteiger partial charge in [-0.1, -0.05) is 34.6 Å². The predicted molar refractivity (Wildman–Crippen MR) is 64.3 cm³/mol. The van der Waals surface area contributed by atoms with Gasteiger partial charge in [-0.05, 0) is 43.3 Å². The average Bonchev–Trinajstić information content (AvgIpc) is 2.10. The summed E-state index contributed by atoms with van der Waals surface area (Å²) in [6, 6.07) is 0. The molecule has 0 rings (SSSR count). The highest BCUT2D eigenvalue weighted by molar-refractivity contribution is 4.70. The van der Waals surface area contributed by atoms with Crippen molar-refractivity contribution in [2.24, 2.45) is 29.4 Å². The van der Waals surface area contributed by atoms with Crippen molar-refractivity contribution in [1.82, 2.24) is 5.32 Å². The van der Waals surface area contributed by atoms with Crippen molar-refractivity contribution in [3.05, 3.63) is 0 Å². The molecule has 0 fully saturated rings. The first-order valence-corrected chi connectivity index (χ1v) is 5.89. The van der Waals surface area contributed by atoms with Gasteiger partial charge in [0.2, 0.25) is 0 Å². The second-order valence-electron chi connectivity index (χ2n) is 5.15. The highest BCUT2D eigenvalue weighted by atomic mass is 14.9. The lowest BCUT2D eigenvalue weighted by Crippen LogP contribution is -2.34. The molecule has 2 heteroatoms. The van der Waals surface area contributed by atoms with Crippen LogP contribution in [0.2, 0.25) is 0 Å². The molecule has 0 saturated heterocycles. The summed E-state index contributed by atoms with van der Waals surface area (Å²) in [7, 11) is 0. The first-order chi connectivity index (χ1) is 6.49. The van der Waals surface area contributed by atoms with Gasteiger partial charge in [0.15, 0.2) is 0 Å². The number of rotatable bonds is 7. The predicted octanol–water partition coefficient (Wildman–Crippen LogP) is 2.10. The summed E-state index contributed by atoms with van der Waals surface area (Å²) in [5.41, 5.74) is 5.57. The Hall–Kier alpha value is -0.0800. The lowest BCUT2D eigenvalue weighted by atomic mass is 9.85. The van der Waals surface area contributed by atoms with E-state index in [9.17, 15) is 0 Å². The van der Waals surface area contributed by atoms with Crippen LogP contribution in [0.4, 0.5) is 0 Å². The first kappa shape index (κ1) is 13.9. The SMILES string of the molecule is CC(CN)CNCC(C(C)C)C(C)C. The van der Waals surface area contributed by atoms with Crippen LogP contribution < -0.4 is 11.1 Å². The Bertz CT molecular complexity index is 124. The Morgan fingerprint density at radius 1 is 0.929 bits per heavy atom. The van der Waals surface area contributed by atoms with Crippen molar-refractivity contribution >= 4 is 0 Å². The molecular formula is C12H28N2. The molecule has 1 unspecified atom stereocenters. The van der Waals surface area contributed by atoms with Crippen LogP contribution in [0.5, 0.6) is 0 Å². The Morgan fingerprint density at radius 2 is 1.43 bits per heavy atom. The largest absolute Gasteiger partial charge is 0.330 e. The summed E-state index contributed by atoms with van der Waals surface area (Å²) >= 11 is 0. The van der Waals surface area contributed by atoms with Crippen LogP contribution in [0.1, 0.15) is 34.6 Å². The highest BCUT2D eigenvalue weighted by Crippen LogP contribution is 2.19. The van der Waals surface area contributed by atoms with E-state index in [-0.39, 0.29) is 0 Å². The Morgan fingerprint density at radius 3 is 1.79 bits per heavy atom. The van der Waals surface area contributed by atoms with Gasteiger partial charge in [-0.2, -0.15) is 0 Å². The second kappa shape index (κ2) is 7.24. The van der Waals surface area contributed by atoms with E-state index in [1.54, 1.807) is 0 Å². The van der Waals surface area contributed by atoms with Crippen molar-refractivity contribution in [3.63, 3.8) is 0 Å². The van der Waals surface area contributed by atoms with E-state index in [1.165, 1.54) is 0 Å². The number of nitrogens with one attached hydrogen (secondary N) is 1. The van der Waals surface area contributed by atoms with Crippen LogP contribution in [0, 0.1) is 23.7 Å². The summed E-state index contributed by atoms with van der Waals surface area (Å²) in [6.45, 7) is 14.4. The molecule has 0 amide bonds. The molecule has 3 N–H and O–H groups in total. The van der Waals surface area contributed by atoms with Gasteiger partial charge < -0.3 is 11.1 Å². The zero-order valence-electron chi connectivity index (χ0n) is 10.5. The molecule has 1 atom stereocenters. The molecule has 0 aliphatic carbocycles. The van der Waals surface area contributed by atoms with Gasteiger partial charge >= 0.3 is 0 Å². The van der Waals surface area contributed by atoms with Gasteiger partial charge in [0, 0.05) is 0 Å². The van der Waals surface area contributed by atoms with Crippen LogP contribution >= 0.6 is 0 Å². The van der Waals surface area contributed by atoms with Gasteiger partial charge in [-0.15, -0.1) is 0 Å². The van der Waals surface area contributed by atoms with E-state index in [4.69, 9.17) is 5.73 Å². The van der Waals surface area contributed by atoms with Gasteiger partial charge in [0.05, 0.1) is 0 Å². The van der Waals surface area contributed by atoms with Crippen molar-refractivity contribution in [1.29, 1.82) is 0 Å². The molecule has 0 radical (unpaired) electrons. The van der Waals surface area contributed by atoms with Gasteiger partial charge in [-0.3, -0.25) is 0 Å². The molecule has 0 aliphatic heterocycles. The maximum atomic E-state index is 5.57. The van der Waals surface area contributed by atoms with E-state index in [0.29, 0.717) is 5.92 Å². The Balaban J connectivity index is 3.72. The van der Waals surface area contributed by atoms with E-state index in [0.717, 1.165) is 37.4 Å². The zero-order chi connectivity index (χ0) is 11.1. The van der Waals surface area contributed by atoms with Crippen LogP contribution in [0.15, 0.2) is 0 Å². The quantitative estimate of drug-likeness (QED) is 0.660. The maximum absolute atomic E-state index is 5.57. The lowest BCUT2D eigenvalue weighted by Gasteiger charge is -2.25. The normalized spacial score (nSPS) is 14.4. The van der Waals surface area contributed by atoms with Crippen molar-refractivity contribution < 1.29 is 0 Å². The van der Waals surface area contributed by atoms with Crippen LogP contribution in [-0.4, -0.2) is 19.6 Å². The smallest absolute Gasteiger partial charge is 0.00110 e. The molecule has 0 aromatic carbocycles. The topological polar surface area (TPSA) is 38.0 Å². The fourth-order valence-electron chi connectivity index (χ4n) is 1.82. The minimum Gasteiger partial charge on any atom is -0.330 e. The summed E-state index contributed by atoms with van der Waals surface area (Å²) in [5, 5.41) is 3.52. The third-order valence-corrected chi connectivity index (χ3v) is 2.99. The Kier molecular flexibility index (Phi) is 7.20. The summed E-state index contributed by atoms with van der Waals surface area (Å²) in [6.07, 6.45) is 0. The molecule has 0 spiro atoms. The third kappa shape index (κ3) is 5.61. The van der Waals surface area contributed by atoms with Crippen LogP contribution in [0.3, 0.4) is 0 Å². The van der Waals surface area contributed by atoms with E-state index >= 15 is 0 Å². The first-order valence-electron chi connectivity index (χ1n) is 5.89. The molecule has 0 aliphatic rings. The van der Waals surface area contributed by atoms with Gasteiger partial charge in [0.1, 0.15) is 0 Å².